The smallest absolute Gasteiger partial charge is 0.255 e. The average molecular weight is 385 g/mol. The predicted molar refractivity (Wildman–Crippen MR) is 96.6 cm³/mol. The average Bonchev–Trinajstić information content (AvgIpc) is 2.87. The topological polar surface area (TPSA) is 66.5 Å². The number of anilines is 2. The van der Waals surface area contributed by atoms with Gasteiger partial charge in [-0.3, -0.25) is 9.10 Å². The Bertz CT molecular complexity index is 883. The first-order chi connectivity index (χ1) is 11.4. The molecule has 8 heteroatoms. The van der Waals surface area contributed by atoms with Crippen LogP contribution in [0.1, 0.15) is 16.8 Å². The highest BCUT2D eigenvalue weighted by atomic mass is 35.5. The summed E-state index contributed by atoms with van der Waals surface area (Å²) in [6.07, 6.45) is 0.577. The molecule has 2 aromatic carbocycles. The van der Waals surface area contributed by atoms with Crippen molar-refractivity contribution in [2.75, 3.05) is 21.9 Å². The molecule has 5 nitrogen and oxygen atoms in total. The van der Waals surface area contributed by atoms with Gasteiger partial charge in [0.05, 0.1) is 16.5 Å². The van der Waals surface area contributed by atoms with Crippen molar-refractivity contribution in [3.05, 3.63) is 58.1 Å². The Kier molecular flexibility index (Phi) is 4.71. The number of halogens is 2. The van der Waals surface area contributed by atoms with Crippen molar-refractivity contribution in [3.8, 4) is 0 Å². The lowest BCUT2D eigenvalue weighted by atomic mass is 10.2. The number of nitrogens with zero attached hydrogens (tertiary/aromatic N) is 1. The fourth-order valence-electron chi connectivity index (χ4n) is 2.50. The van der Waals surface area contributed by atoms with Gasteiger partial charge in [-0.15, -0.1) is 0 Å². The number of benzene rings is 2. The monoisotopic (exact) mass is 384 g/mol. The molecule has 24 heavy (non-hydrogen) atoms. The highest BCUT2D eigenvalue weighted by molar-refractivity contribution is 7.93. The summed E-state index contributed by atoms with van der Waals surface area (Å²) >= 11 is 12.0. The van der Waals surface area contributed by atoms with E-state index in [1.54, 1.807) is 42.5 Å². The van der Waals surface area contributed by atoms with E-state index >= 15 is 0 Å². The number of hydrogen-bond acceptors (Lipinski definition) is 3. The number of carbonyl (C=O) groups excluding carboxylic acids is 1. The quantitative estimate of drug-likeness (QED) is 0.875. The van der Waals surface area contributed by atoms with Gasteiger partial charge in [0.1, 0.15) is 0 Å². The van der Waals surface area contributed by atoms with Crippen LogP contribution in [0.5, 0.6) is 0 Å². The molecule has 0 saturated carbocycles. The van der Waals surface area contributed by atoms with Crippen LogP contribution in [0.15, 0.2) is 42.5 Å². The molecule has 0 radical (unpaired) electrons. The molecule has 1 N–H and O–H groups in total. The van der Waals surface area contributed by atoms with Gasteiger partial charge in [0.15, 0.2) is 0 Å². The highest BCUT2D eigenvalue weighted by Gasteiger charge is 2.29. The summed E-state index contributed by atoms with van der Waals surface area (Å²) in [6.45, 7) is 0.415. The number of sulfonamides is 1. The van der Waals surface area contributed by atoms with E-state index in [0.29, 0.717) is 34.9 Å². The maximum atomic E-state index is 12.2. The van der Waals surface area contributed by atoms with Gasteiger partial charge < -0.3 is 5.32 Å². The Hall–Kier alpha value is -1.76. The van der Waals surface area contributed by atoms with Crippen LogP contribution in [0.25, 0.3) is 0 Å². The number of amides is 1. The van der Waals surface area contributed by atoms with Crippen LogP contribution in [-0.2, 0) is 10.0 Å². The van der Waals surface area contributed by atoms with E-state index in [-0.39, 0.29) is 16.7 Å². The molecule has 1 fully saturated rings. The number of carbonyl (C=O) groups is 1. The summed E-state index contributed by atoms with van der Waals surface area (Å²) in [5.74, 6) is -0.178. The summed E-state index contributed by atoms with van der Waals surface area (Å²) < 4.78 is 25.3. The molecule has 0 spiro atoms. The van der Waals surface area contributed by atoms with Crippen molar-refractivity contribution in [1.82, 2.24) is 0 Å². The van der Waals surface area contributed by atoms with Crippen LogP contribution in [0.2, 0.25) is 10.0 Å². The molecule has 126 valence electrons. The van der Waals surface area contributed by atoms with Gasteiger partial charge >= 0.3 is 0 Å². The highest BCUT2D eigenvalue weighted by Crippen LogP contribution is 2.33. The normalized spacial score (nSPS) is 16.2. The van der Waals surface area contributed by atoms with Crippen molar-refractivity contribution >= 4 is 50.5 Å². The van der Waals surface area contributed by atoms with Crippen molar-refractivity contribution < 1.29 is 13.2 Å². The van der Waals surface area contributed by atoms with Crippen molar-refractivity contribution in [3.63, 3.8) is 0 Å². The molecule has 0 bridgehead atoms. The van der Waals surface area contributed by atoms with Gasteiger partial charge in [-0.1, -0.05) is 23.2 Å². The Morgan fingerprint density at radius 3 is 2.38 bits per heavy atom. The third kappa shape index (κ3) is 3.50. The molecular formula is C16H14Cl2N2O3S. The number of rotatable bonds is 3. The lowest BCUT2D eigenvalue weighted by Crippen LogP contribution is -2.25. The second-order valence-corrected chi connectivity index (χ2v) is 8.23. The van der Waals surface area contributed by atoms with E-state index in [2.05, 4.69) is 5.32 Å². The van der Waals surface area contributed by atoms with Crippen molar-refractivity contribution in [2.24, 2.45) is 0 Å². The Morgan fingerprint density at radius 2 is 1.79 bits per heavy atom. The fraction of sp³-hybridized carbons (Fsp3) is 0.188. The zero-order valence-electron chi connectivity index (χ0n) is 12.5. The van der Waals surface area contributed by atoms with Gasteiger partial charge in [-0.05, 0) is 48.9 Å². The van der Waals surface area contributed by atoms with Crippen molar-refractivity contribution in [1.29, 1.82) is 0 Å². The first kappa shape index (κ1) is 17.1. The van der Waals surface area contributed by atoms with E-state index in [9.17, 15) is 13.2 Å². The molecule has 2 aromatic rings. The van der Waals surface area contributed by atoms with Crippen LogP contribution < -0.4 is 9.62 Å². The van der Waals surface area contributed by atoms with Gasteiger partial charge in [-0.2, -0.15) is 0 Å². The minimum atomic E-state index is -3.30. The van der Waals surface area contributed by atoms with E-state index in [1.165, 1.54) is 4.31 Å². The second-order valence-electron chi connectivity index (χ2n) is 5.37. The summed E-state index contributed by atoms with van der Waals surface area (Å²) in [5, 5.41) is 3.54. The second kappa shape index (κ2) is 6.63. The van der Waals surface area contributed by atoms with Gasteiger partial charge in [0.2, 0.25) is 10.0 Å². The summed E-state index contributed by atoms with van der Waals surface area (Å²) in [6, 6.07) is 11.3. The number of nitrogens with one attached hydrogen (secondary N) is 1. The zero-order chi connectivity index (χ0) is 17.3. The lowest BCUT2D eigenvalue weighted by molar-refractivity contribution is 0.102. The van der Waals surface area contributed by atoms with Gasteiger partial charge in [0.25, 0.3) is 5.91 Å². The first-order valence-electron chi connectivity index (χ1n) is 7.24. The Labute approximate surface area is 150 Å². The van der Waals surface area contributed by atoms with Crippen LogP contribution in [0, 0.1) is 0 Å². The molecule has 1 amide bonds. The third-order valence-electron chi connectivity index (χ3n) is 3.68. The Balaban J connectivity index is 1.80. The lowest BCUT2D eigenvalue weighted by Gasteiger charge is -2.19. The minimum Gasteiger partial charge on any atom is -0.322 e. The molecule has 0 aliphatic carbocycles. The van der Waals surface area contributed by atoms with E-state index in [0.717, 1.165) is 0 Å². The summed E-state index contributed by atoms with van der Waals surface area (Å²) in [7, 11) is -3.30. The van der Waals surface area contributed by atoms with Gasteiger partial charge in [0, 0.05) is 22.8 Å². The maximum absolute atomic E-state index is 12.2. The zero-order valence-corrected chi connectivity index (χ0v) is 14.8. The number of hydrogen-bond donors (Lipinski definition) is 1. The summed E-state index contributed by atoms with van der Waals surface area (Å²) in [5.41, 5.74) is 1.38. The molecule has 0 unspecified atom stereocenters. The molecule has 1 aliphatic rings. The molecular weight excluding hydrogens is 371 g/mol. The predicted octanol–water partition coefficient (Wildman–Crippen LogP) is 3.79. The molecule has 1 saturated heterocycles. The van der Waals surface area contributed by atoms with Crippen LogP contribution in [0.3, 0.4) is 0 Å². The maximum Gasteiger partial charge on any atom is 0.255 e. The van der Waals surface area contributed by atoms with E-state index in [1.807, 2.05) is 0 Å². The van der Waals surface area contributed by atoms with E-state index in [4.69, 9.17) is 23.2 Å². The largest absolute Gasteiger partial charge is 0.322 e. The third-order valence-corrected chi connectivity index (χ3v) is 6.09. The fourth-order valence-corrected chi connectivity index (χ4v) is 4.54. The molecule has 1 heterocycles. The standard InChI is InChI=1S/C16H14Cl2N2O3S/c17-12-4-2-11(3-5-12)16(21)19-13-6-7-15(14(18)10-13)20-8-1-9-24(20,22)23/h2-7,10H,1,8-9H2,(H,19,21). The Morgan fingerprint density at radius 1 is 1.08 bits per heavy atom. The first-order valence-corrected chi connectivity index (χ1v) is 9.60. The van der Waals surface area contributed by atoms with Crippen LogP contribution >= 0.6 is 23.2 Å². The summed E-state index contributed by atoms with van der Waals surface area (Å²) in [4.78, 5) is 12.2. The van der Waals surface area contributed by atoms with Crippen LogP contribution in [-0.4, -0.2) is 26.6 Å². The molecule has 0 aromatic heterocycles. The van der Waals surface area contributed by atoms with Gasteiger partial charge in [-0.25, -0.2) is 8.42 Å². The van der Waals surface area contributed by atoms with E-state index < -0.39 is 10.0 Å². The minimum absolute atomic E-state index is 0.123. The van der Waals surface area contributed by atoms with Crippen molar-refractivity contribution in [2.45, 2.75) is 6.42 Å². The molecule has 0 atom stereocenters. The SMILES string of the molecule is O=C(Nc1ccc(N2CCCS2(=O)=O)c(Cl)c1)c1ccc(Cl)cc1. The molecule has 1 aliphatic heterocycles. The van der Waals surface area contributed by atoms with Crippen LogP contribution in [0.4, 0.5) is 11.4 Å². The molecule has 3 rings (SSSR count).